The number of nitrogens with zero attached hydrogens (tertiary/aromatic N) is 6. The Kier molecular flexibility index (Phi) is 9.62. The quantitative estimate of drug-likeness (QED) is 0.132. The summed E-state index contributed by atoms with van der Waals surface area (Å²) in [5.41, 5.74) is 5.87. The average molecular weight is 705 g/mol. The molecule has 0 aliphatic carbocycles. The van der Waals surface area contributed by atoms with E-state index < -0.39 is 33.3 Å². The zero-order chi connectivity index (χ0) is 34.6. The third-order valence-electron chi connectivity index (χ3n) is 9.02. The van der Waals surface area contributed by atoms with Gasteiger partial charge >= 0.3 is 0 Å². The number of carbonyl (C=O) groups is 1. The van der Waals surface area contributed by atoms with Gasteiger partial charge in [-0.15, -0.1) is 0 Å². The molecule has 1 fully saturated rings. The van der Waals surface area contributed by atoms with Gasteiger partial charge < -0.3 is 15.5 Å². The molecule has 4 atom stereocenters. The fourth-order valence-electron chi connectivity index (χ4n) is 6.93. The molecule has 0 spiro atoms. The fourth-order valence-corrected chi connectivity index (χ4v) is 7.63. The number of halogens is 5. The molecule has 1 saturated heterocycles. The van der Waals surface area contributed by atoms with Gasteiger partial charge in [0, 0.05) is 48.4 Å². The molecule has 3 aromatic rings. The normalized spacial score (nSPS) is 21.6. The van der Waals surface area contributed by atoms with E-state index in [1.807, 2.05) is 39.5 Å². The molecule has 9 nitrogen and oxygen atoms in total. The smallest absolute Gasteiger partial charge is 0.272 e. The highest BCUT2D eigenvalue weighted by molar-refractivity contribution is 6.40. The van der Waals surface area contributed by atoms with Crippen molar-refractivity contribution in [3.63, 3.8) is 0 Å². The maximum atomic E-state index is 14.9. The Morgan fingerprint density at radius 2 is 1.77 bits per heavy atom. The molecule has 5 rings (SSSR count). The maximum Gasteiger partial charge on any atom is 0.272 e. The summed E-state index contributed by atoms with van der Waals surface area (Å²) in [5.74, 6) is -3.20. The van der Waals surface area contributed by atoms with Gasteiger partial charge in [-0.2, -0.15) is 5.26 Å². The summed E-state index contributed by atoms with van der Waals surface area (Å²) in [6.45, 7) is 14.5. The molecule has 1 amide bonds. The molecular formula is C33H34Cl3F2N7O2. The molecule has 2 N–H and O–H groups in total. The van der Waals surface area contributed by atoms with E-state index in [-0.39, 0.29) is 76.1 Å². The lowest BCUT2D eigenvalue weighted by molar-refractivity contribution is -0.130. The molecule has 4 heterocycles. The number of fused-ring (bicyclic) bond motifs is 1. The molecule has 47 heavy (non-hydrogen) atoms. The zero-order valence-electron chi connectivity index (χ0n) is 26.5. The van der Waals surface area contributed by atoms with Crippen molar-refractivity contribution in [1.29, 1.82) is 5.26 Å². The molecule has 14 heteroatoms. The molecule has 2 aliphatic heterocycles. The number of piperazine rings is 1. The zero-order valence-corrected chi connectivity index (χ0v) is 28.8. The topological polar surface area (TPSA) is 121 Å². The number of nitrogens with two attached hydrogens (primary N) is 1. The van der Waals surface area contributed by atoms with Crippen LogP contribution in [0.15, 0.2) is 28.5 Å². The number of anilines is 2. The van der Waals surface area contributed by atoms with Gasteiger partial charge in [-0.05, 0) is 44.2 Å². The molecule has 0 saturated carbocycles. The Morgan fingerprint density at radius 1 is 1.15 bits per heavy atom. The molecule has 2 aromatic heterocycles. The van der Waals surface area contributed by atoms with Crippen molar-refractivity contribution in [2.45, 2.75) is 59.2 Å². The Hall–Kier alpha value is -3.72. The molecular weight excluding hydrogens is 671 g/mol. The monoisotopic (exact) mass is 703 g/mol. The summed E-state index contributed by atoms with van der Waals surface area (Å²) in [5, 5.41) is 9.48. The standard InChI is InChI=1S/C33H34Cl3F2N7O2/c1-7-21(46)44-16(5)12-43(13-17(44)6)31-18-10-20(34)29(22-23(35)25(37)26(38)24(36)27(22)40)42-32(18)45(33(47)19(31)11-39)30-15(4)8-9-41-28(30)14(2)3/h7,10,14-17,30H,1,8-9,12-13,40H2,2-6H3/t15-,16-,17+,30?/m1/s1. The Balaban J connectivity index is 1.90. The lowest BCUT2D eigenvalue weighted by Crippen LogP contribution is -2.58. The Bertz CT molecular complexity index is 1910. The summed E-state index contributed by atoms with van der Waals surface area (Å²) in [4.78, 5) is 40.5. The highest BCUT2D eigenvalue weighted by Gasteiger charge is 2.38. The number of aromatic nitrogens is 2. The predicted octanol–water partition coefficient (Wildman–Crippen LogP) is 7.05. The second-order valence-electron chi connectivity index (χ2n) is 12.5. The first-order chi connectivity index (χ1) is 22.2. The number of hydrogen-bond donors (Lipinski definition) is 1. The minimum atomic E-state index is -1.43. The van der Waals surface area contributed by atoms with E-state index in [9.17, 15) is 23.6 Å². The number of nitrogen functional groups attached to an aromatic ring is 1. The Labute approximate surface area is 286 Å². The van der Waals surface area contributed by atoms with Crippen molar-refractivity contribution in [3.05, 3.63) is 61.3 Å². The van der Waals surface area contributed by atoms with Crippen LogP contribution in [0.1, 0.15) is 52.6 Å². The van der Waals surface area contributed by atoms with Crippen LogP contribution in [-0.4, -0.2) is 57.8 Å². The van der Waals surface area contributed by atoms with Crippen LogP contribution in [0.2, 0.25) is 15.1 Å². The van der Waals surface area contributed by atoms with Gasteiger partial charge in [0.1, 0.15) is 22.3 Å². The van der Waals surface area contributed by atoms with Crippen LogP contribution in [0.3, 0.4) is 0 Å². The van der Waals surface area contributed by atoms with Gasteiger partial charge in [-0.1, -0.05) is 62.2 Å². The highest BCUT2D eigenvalue weighted by Crippen LogP contribution is 2.45. The average Bonchev–Trinajstić information content (AvgIpc) is 3.02. The third kappa shape index (κ3) is 5.64. The van der Waals surface area contributed by atoms with Crippen molar-refractivity contribution < 1.29 is 13.6 Å². The minimum absolute atomic E-state index is 0.0473. The van der Waals surface area contributed by atoms with Crippen molar-refractivity contribution >= 4 is 68.8 Å². The molecule has 1 unspecified atom stereocenters. The first-order valence-corrected chi connectivity index (χ1v) is 16.3. The SMILES string of the molecule is C=CC(=O)N1[C@H](C)CN(c2c(C#N)c(=O)n(C3C(C(C)C)=NCC[C@H]3C)c3nc(-c4c(N)c(Cl)c(F)c(F)c4Cl)c(Cl)cc23)C[C@@H]1C. The van der Waals surface area contributed by atoms with E-state index in [1.54, 1.807) is 4.90 Å². The van der Waals surface area contributed by atoms with E-state index in [1.165, 1.54) is 16.7 Å². The van der Waals surface area contributed by atoms with Crippen LogP contribution in [-0.2, 0) is 4.79 Å². The third-order valence-corrected chi connectivity index (χ3v) is 10.0. The first kappa shape index (κ1) is 34.6. The number of pyridine rings is 2. The lowest BCUT2D eigenvalue weighted by Gasteiger charge is -2.45. The summed E-state index contributed by atoms with van der Waals surface area (Å²) < 4.78 is 30.9. The number of benzene rings is 1. The molecule has 0 radical (unpaired) electrons. The van der Waals surface area contributed by atoms with Gasteiger partial charge in [0.15, 0.2) is 11.6 Å². The van der Waals surface area contributed by atoms with Crippen LogP contribution in [0, 0.1) is 34.8 Å². The van der Waals surface area contributed by atoms with E-state index >= 15 is 0 Å². The Morgan fingerprint density at radius 3 is 2.34 bits per heavy atom. The van der Waals surface area contributed by atoms with Crippen LogP contribution in [0.5, 0.6) is 0 Å². The predicted molar refractivity (Wildman–Crippen MR) is 184 cm³/mol. The number of nitriles is 1. The second-order valence-corrected chi connectivity index (χ2v) is 13.6. The van der Waals surface area contributed by atoms with Crippen LogP contribution < -0.4 is 16.2 Å². The van der Waals surface area contributed by atoms with Gasteiger partial charge in [0.25, 0.3) is 5.56 Å². The number of hydrogen-bond acceptors (Lipinski definition) is 7. The molecule has 2 aliphatic rings. The van der Waals surface area contributed by atoms with Crippen molar-refractivity contribution in [3.8, 4) is 17.3 Å². The van der Waals surface area contributed by atoms with Gasteiger partial charge in [0.2, 0.25) is 5.91 Å². The summed E-state index contributed by atoms with van der Waals surface area (Å²) in [6.07, 6.45) is 1.93. The fraction of sp³-hybridized carbons (Fsp3) is 0.424. The van der Waals surface area contributed by atoms with Crippen LogP contribution >= 0.6 is 34.8 Å². The summed E-state index contributed by atoms with van der Waals surface area (Å²) in [7, 11) is 0. The summed E-state index contributed by atoms with van der Waals surface area (Å²) in [6, 6.07) is 2.46. The van der Waals surface area contributed by atoms with Gasteiger partial charge in [-0.25, -0.2) is 13.8 Å². The van der Waals surface area contributed by atoms with Gasteiger partial charge in [0.05, 0.1) is 33.2 Å². The number of aliphatic imine (C=N–C) groups is 1. The number of amides is 1. The molecule has 1 aromatic carbocycles. The first-order valence-electron chi connectivity index (χ1n) is 15.2. The largest absolute Gasteiger partial charge is 0.397 e. The van der Waals surface area contributed by atoms with Crippen molar-refractivity contribution in [1.82, 2.24) is 14.5 Å². The van der Waals surface area contributed by atoms with E-state index in [4.69, 9.17) is 50.5 Å². The van der Waals surface area contributed by atoms with E-state index in [2.05, 4.69) is 12.6 Å². The number of rotatable bonds is 5. The number of carbonyl (C=O) groups excluding carboxylic acids is 1. The van der Waals surface area contributed by atoms with E-state index in [0.717, 1.165) is 5.71 Å². The lowest BCUT2D eigenvalue weighted by atomic mass is 9.85. The van der Waals surface area contributed by atoms with Crippen LogP contribution in [0.25, 0.3) is 22.3 Å². The summed E-state index contributed by atoms with van der Waals surface area (Å²) >= 11 is 19.2. The second kappa shape index (κ2) is 13.1. The molecule has 0 bridgehead atoms. The van der Waals surface area contributed by atoms with Crippen LogP contribution in [0.4, 0.5) is 20.2 Å². The van der Waals surface area contributed by atoms with Gasteiger partial charge in [-0.3, -0.25) is 19.1 Å². The highest BCUT2D eigenvalue weighted by atomic mass is 35.5. The maximum absolute atomic E-state index is 14.9. The van der Waals surface area contributed by atoms with Crippen molar-refractivity contribution in [2.75, 3.05) is 30.3 Å². The minimum Gasteiger partial charge on any atom is -0.397 e. The van der Waals surface area contributed by atoms with Crippen molar-refractivity contribution in [2.24, 2.45) is 16.8 Å². The van der Waals surface area contributed by atoms with E-state index in [0.29, 0.717) is 24.0 Å². The molecule has 248 valence electrons.